The second-order valence-corrected chi connectivity index (χ2v) is 5.75. The number of anilines is 1. The molecule has 0 fully saturated rings. The van der Waals surface area contributed by atoms with Gasteiger partial charge in [0.2, 0.25) is 0 Å². The van der Waals surface area contributed by atoms with E-state index in [0.29, 0.717) is 6.04 Å². The van der Waals surface area contributed by atoms with E-state index >= 15 is 0 Å². The maximum Gasteiger partial charge on any atom is 0.134 e. The molecule has 0 saturated carbocycles. The van der Waals surface area contributed by atoms with Crippen molar-refractivity contribution in [3.63, 3.8) is 0 Å². The Morgan fingerprint density at radius 2 is 2.25 bits per heavy atom. The Labute approximate surface area is 105 Å². The van der Waals surface area contributed by atoms with Crippen LogP contribution in [0.2, 0.25) is 0 Å². The Morgan fingerprint density at radius 1 is 1.44 bits per heavy atom. The van der Waals surface area contributed by atoms with Gasteiger partial charge in [0.15, 0.2) is 0 Å². The van der Waals surface area contributed by atoms with Crippen molar-refractivity contribution in [3.05, 3.63) is 23.7 Å². The van der Waals surface area contributed by atoms with Crippen LogP contribution < -0.4 is 5.32 Å². The summed E-state index contributed by atoms with van der Waals surface area (Å²) < 4.78 is 1.27. The van der Waals surface area contributed by atoms with Crippen LogP contribution in [-0.2, 0) is 0 Å². The summed E-state index contributed by atoms with van der Waals surface area (Å²) >= 11 is 7.71. The second kappa shape index (κ2) is 5.02. The second-order valence-electron chi connectivity index (χ2n) is 4.05. The molecule has 2 nitrogen and oxygen atoms in total. The third-order valence-electron chi connectivity index (χ3n) is 2.44. The number of hydrogen-bond acceptors (Lipinski definition) is 3. The number of halogens is 1. The largest absolute Gasteiger partial charge is 0.367 e. The van der Waals surface area contributed by atoms with E-state index < -0.39 is 0 Å². The average Bonchev–Trinajstić information content (AvgIpc) is 2.65. The predicted octanol–water partition coefficient (Wildman–Crippen LogP) is 4.11. The molecule has 86 valence electrons. The molecule has 0 amide bonds. The van der Waals surface area contributed by atoms with Gasteiger partial charge in [0.25, 0.3) is 0 Å². The standard InChI is InChI=1S/C12H15ClN2S/c1-8(13)7-9(2)15-12-10-4-6-16-11(10)3-5-14-12/h3-6,8-9H,7H2,1-2H3,(H,14,15). The van der Waals surface area contributed by atoms with Crippen LogP contribution >= 0.6 is 22.9 Å². The highest BCUT2D eigenvalue weighted by Crippen LogP contribution is 2.26. The molecule has 2 unspecified atom stereocenters. The minimum absolute atomic E-state index is 0.184. The summed E-state index contributed by atoms with van der Waals surface area (Å²) in [6, 6.07) is 4.48. The van der Waals surface area contributed by atoms with Gasteiger partial charge in [-0.05, 0) is 37.8 Å². The molecular formula is C12H15ClN2S. The van der Waals surface area contributed by atoms with Crippen molar-refractivity contribution in [2.45, 2.75) is 31.7 Å². The van der Waals surface area contributed by atoms with Gasteiger partial charge in [0, 0.05) is 27.7 Å². The number of fused-ring (bicyclic) bond motifs is 1. The van der Waals surface area contributed by atoms with Crippen molar-refractivity contribution in [1.29, 1.82) is 0 Å². The van der Waals surface area contributed by atoms with Gasteiger partial charge < -0.3 is 5.32 Å². The first-order chi connectivity index (χ1) is 7.66. The lowest BCUT2D eigenvalue weighted by molar-refractivity contribution is 0.694. The van der Waals surface area contributed by atoms with Gasteiger partial charge >= 0.3 is 0 Å². The minimum Gasteiger partial charge on any atom is -0.367 e. The summed E-state index contributed by atoms with van der Waals surface area (Å²) in [5, 5.41) is 6.88. The van der Waals surface area contributed by atoms with Gasteiger partial charge in [0.05, 0.1) is 0 Å². The monoisotopic (exact) mass is 254 g/mol. The average molecular weight is 255 g/mol. The quantitative estimate of drug-likeness (QED) is 0.831. The Morgan fingerprint density at radius 3 is 3.00 bits per heavy atom. The van der Waals surface area contributed by atoms with Crippen LogP contribution in [0.5, 0.6) is 0 Å². The zero-order valence-electron chi connectivity index (χ0n) is 9.40. The van der Waals surface area contributed by atoms with Crippen LogP contribution in [0.25, 0.3) is 10.1 Å². The van der Waals surface area contributed by atoms with E-state index in [4.69, 9.17) is 11.6 Å². The normalized spacial score (nSPS) is 14.9. The lowest BCUT2D eigenvalue weighted by Crippen LogP contribution is -2.19. The van der Waals surface area contributed by atoms with E-state index in [1.54, 1.807) is 11.3 Å². The van der Waals surface area contributed by atoms with Crippen molar-refractivity contribution in [1.82, 2.24) is 4.98 Å². The highest BCUT2D eigenvalue weighted by atomic mass is 35.5. The number of pyridine rings is 1. The van der Waals surface area contributed by atoms with Crippen molar-refractivity contribution < 1.29 is 0 Å². The molecule has 0 spiro atoms. The SMILES string of the molecule is CC(Cl)CC(C)Nc1nccc2sccc12. The van der Waals surface area contributed by atoms with Crippen LogP contribution in [0, 0.1) is 0 Å². The lowest BCUT2D eigenvalue weighted by atomic mass is 10.2. The molecule has 0 aliphatic rings. The molecule has 0 saturated heterocycles. The van der Waals surface area contributed by atoms with E-state index in [1.807, 2.05) is 19.2 Å². The van der Waals surface area contributed by atoms with Crippen LogP contribution in [0.15, 0.2) is 23.7 Å². The van der Waals surface area contributed by atoms with E-state index in [-0.39, 0.29) is 5.38 Å². The van der Waals surface area contributed by atoms with Gasteiger partial charge in [0.1, 0.15) is 5.82 Å². The maximum atomic E-state index is 5.98. The van der Waals surface area contributed by atoms with Gasteiger partial charge in [-0.2, -0.15) is 0 Å². The molecule has 2 heterocycles. The topological polar surface area (TPSA) is 24.9 Å². The molecule has 0 aliphatic heterocycles. The number of rotatable bonds is 4. The first kappa shape index (κ1) is 11.7. The highest BCUT2D eigenvalue weighted by molar-refractivity contribution is 7.17. The van der Waals surface area contributed by atoms with Crippen LogP contribution in [0.4, 0.5) is 5.82 Å². The third kappa shape index (κ3) is 2.66. The molecule has 2 atom stereocenters. The van der Waals surface area contributed by atoms with Crippen LogP contribution in [-0.4, -0.2) is 16.4 Å². The zero-order chi connectivity index (χ0) is 11.5. The molecule has 1 N–H and O–H groups in total. The molecule has 2 aromatic rings. The van der Waals surface area contributed by atoms with E-state index in [0.717, 1.165) is 12.2 Å². The smallest absolute Gasteiger partial charge is 0.134 e. The molecule has 0 radical (unpaired) electrons. The molecule has 2 aromatic heterocycles. The van der Waals surface area contributed by atoms with Crippen LogP contribution in [0.3, 0.4) is 0 Å². The predicted molar refractivity (Wildman–Crippen MR) is 72.6 cm³/mol. The molecular weight excluding hydrogens is 240 g/mol. The summed E-state index contributed by atoms with van der Waals surface area (Å²) in [7, 11) is 0. The van der Waals surface area contributed by atoms with Crippen molar-refractivity contribution >= 4 is 38.8 Å². The van der Waals surface area contributed by atoms with Crippen molar-refractivity contribution in [2.75, 3.05) is 5.32 Å². The highest BCUT2D eigenvalue weighted by Gasteiger charge is 2.09. The number of thiophene rings is 1. The van der Waals surface area contributed by atoms with E-state index in [1.165, 1.54) is 10.1 Å². The minimum atomic E-state index is 0.184. The summed E-state index contributed by atoms with van der Waals surface area (Å²) in [4.78, 5) is 4.38. The Hall–Kier alpha value is -0.800. The number of hydrogen-bond donors (Lipinski definition) is 1. The summed E-state index contributed by atoms with van der Waals surface area (Å²) in [5.41, 5.74) is 0. The first-order valence-corrected chi connectivity index (χ1v) is 6.71. The fourth-order valence-electron chi connectivity index (χ4n) is 1.79. The number of alkyl halides is 1. The fourth-order valence-corrected chi connectivity index (χ4v) is 2.84. The van der Waals surface area contributed by atoms with Crippen molar-refractivity contribution in [2.24, 2.45) is 0 Å². The molecule has 16 heavy (non-hydrogen) atoms. The summed E-state index contributed by atoms with van der Waals surface area (Å²) in [5.74, 6) is 0.962. The maximum absolute atomic E-state index is 5.98. The molecule has 4 heteroatoms. The first-order valence-electron chi connectivity index (χ1n) is 5.39. The molecule has 0 bridgehead atoms. The van der Waals surface area contributed by atoms with Gasteiger partial charge in [-0.3, -0.25) is 0 Å². The fraction of sp³-hybridized carbons (Fsp3) is 0.417. The molecule has 0 aromatic carbocycles. The number of nitrogens with one attached hydrogen (secondary N) is 1. The summed E-state index contributed by atoms with van der Waals surface area (Å²) in [6.07, 6.45) is 2.78. The van der Waals surface area contributed by atoms with Crippen molar-refractivity contribution in [3.8, 4) is 0 Å². The van der Waals surface area contributed by atoms with Gasteiger partial charge in [-0.15, -0.1) is 22.9 Å². The van der Waals surface area contributed by atoms with Gasteiger partial charge in [-0.25, -0.2) is 4.98 Å². The Bertz CT molecular complexity index is 467. The third-order valence-corrected chi connectivity index (χ3v) is 3.50. The van der Waals surface area contributed by atoms with E-state index in [9.17, 15) is 0 Å². The number of nitrogens with zero attached hydrogens (tertiary/aromatic N) is 1. The van der Waals surface area contributed by atoms with Crippen LogP contribution in [0.1, 0.15) is 20.3 Å². The summed E-state index contributed by atoms with van der Waals surface area (Å²) in [6.45, 7) is 4.14. The molecule has 0 aliphatic carbocycles. The van der Waals surface area contributed by atoms with E-state index in [2.05, 4.69) is 28.7 Å². The Balaban J connectivity index is 2.17. The zero-order valence-corrected chi connectivity index (χ0v) is 11.0. The number of aromatic nitrogens is 1. The molecule has 2 rings (SSSR count). The van der Waals surface area contributed by atoms with Gasteiger partial charge in [-0.1, -0.05) is 0 Å². The Kier molecular flexibility index (Phi) is 3.66. The lowest BCUT2D eigenvalue weighted by Gasteiger charge is -2.16.